The first kappa shape index (κ1) is 14.5. The zero-order valence-corrected chi connectivity index (χ0v) is 9.96. The van der Waals surface area contributed by atoms with Gasteiger partial charge in [0.25, 0.3) is 10.1 Å². The van der Waals surface area contributed by atoms with E-state index in [1.165, 1.54) is 0 Å². The van der Waals surface area contributed by atoms with Crippen LogP contribution in [0.4, 0.5) is 0 Å². The van der Waals surface area contributed by atoms with Crippen LogP contribution in [0.25, 0.3) is 0 Å². The summed E-state index contributed by atoms with van der Waals surface area (Å²) in [4.78, 5) is 11.5. The molecule has 0 amide bonds. The molecule has 6 heteroatoms. The minimum absolute atomic E-state index is 0.197. The van der Waals surface area contributed by atoms with Crippen LogP contribution in [0, 0.1) is 5.92 Å². The molecular weight excluding hydrogens is 218 g/mol. The number of carbonyl (C=O) groups excluding carboxylic acids is 1. The van der Waals surface area contributed by atoms with Crippen LogP contribution in [0.3, 0.4) is 0 Å². The fourth-order valence-electron chi connectivity index (χ4n) is 1.18. The molecule has 0 aliphatic carbocycles. The minimum Gasteiger partial charge on any atom is -0.313 e. The molecule has 0 aliphatic heterocycles. The summed E-state index contributed by atoms with van der Waals surface area (Å²) < 4.78 is 29.8. The van der Waals surface area contributed by atoms with Gasteiger partial charge in [0.2, 0.25) is 0 Å². The van der Waals surface area contributed by atoms with Gasteiger partial charge < -0.3 is 5.73 Å². The fraction of sp³-hybridized carbons (Fsp3) is 0.889. The maximum atomic E-state index is 11.5. The smallest absolute Gasteiger partial charge is 0.281 e. The van der Waals surface area contributed by atoms with Crippen molar-refractivity contribution in [2.24, 2.45) is 11.7 Å². The van der Waals surface area contributed by atoms with Gasteiger partial charge >= 0.3 is 0 Å². The summed E-state index contributed by atoms with van der Waals surface area (Å²) in [6.45, 7) is 3.76. The Hall–Kier alpha value is -0.460. The highest BCUT2D eigenvalue weighted by molar-refractivity contribution is 7.86. The van der Waals surface area contributed by atoms with Gasteiger partial charge in [-0.2, -0.15) is 8.42 Å². The van der Waals surface area contributed by atoms with E-state index in [1.54, 1.807) is 6.92 Å². The molecule has 2 atom stereocenters. The van der Waals surface area contributed by atoms with E-state index in [9.17, 15) is 13.2 Å². The molecule has 0 rings (SSSR count). The number of unbranched alkanes of at least 4 members (excludes halogenated alkanes) is 1. The molecule has 0 saturated heterocycles. The molecule has 0 spiro atoms. The van der Waals surface area contributed by atoms with Crippen LogP contribution in [0.2, 0.25) is 0 Å². The molecule has 0 aromatic carbocycles. The Morgan fingerprint density at radius 2 is 2.00 bits per heavy atom. The van der Waals surface area contributed by atoms with Crippen molar-refractivity contribution in [1.82, 2.24) is 0 Å². The van der Waals surface area contributed by atoms with E-state index >= 15 is 0 Å². The second kappa shape index (κ2) is 6.19. The van der Waals surface area contributed by atoms with Crippen LogP contribution >= 0.6 is 0 Å². The van der Waals surface area contributed by atoms with Gasteiger partial charge in [-0.05, 0) is 6.42 Å². The summed E-state index contributed by atoms with van der Waals surface area (Å²) >= 11 is 0. The lowest BCUT2D eigenvalue weighted by Crippen LogP contribution is -2.33. The van der Waals surface area contributed by atoms with E-state index in [1.807, 2.05) is 6.92 Å². The van der Waals surface area contributed by atoms with Crippen LogP contribution in [0.1, 0.15) is 39.5 Å². The van der Waals surface area contributed by atoms with Crippen molar-refractivity contribution >= 4 is 15.9 Å². The van der Waals surface area contributed by atoms with E-state index < -0.39 is 15.5 Å². The standard InChI is InChI=1S/C9H19NO4S/c1-3-4-5-7(2)8(11)6-9(10)15(12,13)14/h7,9H,3-6,10H2,1-2H3,(H,12,13,14). The molecule has 5 nitrogen and oxygen atoms in total. The van der Waals surface area contributed by atoms with Crippen molar-refractivity contribution in [1.29, 1.82) is 0 Å². The van der Waals surface area contributed by atoms with E-state index in [0.717, 1.165) is 19.3 Å². The van der Waals surface area contributed by atoms with Crippen LogP contribution in [0.5, 0.6) is 0 Å². The molecule has 90 valence electrons. The third-order valence-electron chi connectivity index (χ3n) is 2.33. The molecule has 0 bridgehead atoms. The molecule has 0 aromatic rings. The summed E-state index contributed by atoms with van der Waals surface area (Å²) in [5, 5.41) is -1.49. The van der Waals surface area contributed by atoms with Crippen molar-refractivity contribution in [2.45, 2.75) is 44.9 Å². The maximum Gasteiger partial charge on any atom is 0.281 e. The summed E-state index contributed by atoms with van der Waals surface area (Å²) in [6.07, 6.45) is 2.33. The quantitative estimate of drug-likeness (QED) is 0.642. The second-order valence-electron chi connectivity index (χ2n) is 3.77. The monoisotopic (exact) mass is 237 g/mol. The third kappa shape index (κ3) is 5.86. The van der Waals surface area contributed by atoms with Gasteiger partial charge in [-0.25, -0.2) is 0 Å². The Bertz CT molecular complexity index is 299. The highest BCUT2D eigenvalue weighted by atomic mass is 32.2. The average Bonchev–Trinajstić information content (AvgIpc) is 2.12. The molecule has 0 aliphatic rings. The molecule has 15 heavy (non-hydrogen) atoms. The van der Waals surface area contributed by atoms with Crippen molar-refractivity contribution in [3.05, 3.63) is 0 Å². The predicted molar refractivity (Wildman–Crippen MR) is 57.8 cm³/mol. The van der Waals surface area contributed by atoms with Gasteiger partial charge in [-0.1, -0.05) is 26.7 Å². The molecule has 0 fully saturated rings. The maximum absolute atomic E-state index is 11.5. The zero-order chi connectivity index (χ0) is 12.1. The summed E-state index contributed by atoms with van der Waals surface area (Å²) in [5.74, 6) is -0.411. The highest BCUT2D eigenvalue weighted by Gasteiger charge is 2.23. The van der Waals surface area contributed by atoms with Crippen molar-refractivity contribution < 1.29 is 17.8 Å². The van der Waals surface area contributed by atoms with Gasteiger partial charge in [-0.3, -0.25) is 9.35 Å². The van der Waals surface area contributed by atoms with Crippen LogP contribution in [-0.2, 0) is 14.9 Å². The van der Waals surface area contributed by atoms with Gasteiger partial charge in [0.05, 0.1) is 0 Å². The number of ketones is 1. The topological polar surface area (TPSA) is 97.5 Å². The van der Waals surface area contributed by atoms with Gasteiger partial charge in [0, 0.05) is 12.3 Å². The lowest BCUT2D eigenvalue weighted by atomic mass is 9.98. The minimum atomic E-state index is -4.29. The Labute approximate surface area is 90.8 Å². The first-order valence-corrected chi connectivity index (χ1v) is 6.54. The van der Waals surface area contributed by atoms with Gasteiger partial charge in [-0.15, -0.1) is 0 Å². The number of rotatable bonds is 7. The van der Waals surface area contributed by atoms with E-state index in [-0.39, 0.29) is 18.1 Å². The zero-order valence-electron chi connectivity index (χ0n) is 9.14. The van der Waals surface area contributed by atoms with E-state index in [0.29, 0.717) is 0 Å². The second-order valence-corrected chi connectivity index (χ2v) is 5.40. The molecule has 2 unspecified atom stereocenters. The number of hydrogen-bond acceptors (Lipinski definition) is 4. The predicted octanol–water partition coefficient (Wildman–Crippen LogP) is 0.945. The van der Waals surface area contributed by atoms with E-state index in [2.05, 4.69) is 0 Å². The number of carbonyl (C=O) groups is 1. The van der Waals surface area contributed by atoms with Crippen LogP contribution in [-0.4, -0.2) is 24.1 Å². The Morgan fingerprint density at radius 3 is 2.40 bits per heavy atom. The summed E-state index contributed by atoms with van der Waals surface area (Å²) in [7, 11) is -4.29. The molecule has 0 aromatic heterocycles. The Balaban J connectivity index is 4.13. The number of hydrogen-bond donors (Lipinski definition) is 2. The molecule has 0 saturated carbocycles. The van der Waals surface area contributed by atoms with Crippen molar-refractivity contribution in [3.63, 3.8) is 0 Å². The van der Waals surface area contributed by atoms with Gasteiger partial charge in [0.1, 0.15) is 11.2 Å². The van der Waals surface area contributed by atoms with Crippen molar-refractivity contribution in [3.8, 4) is 0 Å². The van der Waals surface area contributed by atoms with Crippen LogP contribution < -0.4 is 5.73 Å². The first-order chi connectivity index (χ1) is 6.79. The van der Waals surface area contributed by atoms with E-state index in [4.69, 9.17) is 10.3 Å². The summed E-state index contributed by atoms with van der Waals surface area (Å²) in [6, 6.07) is 0. The average molecular weight is 237 g/mol. The SMILES string of the molecule is CCCCC(C)C(=O)CC(N)S(=O)(=O)O. The Kier molecular flexibility index (Phi) is 6.00. The molecule has 0 heterocycles. The first-order valence-electron chi connectivity index (χ1n) is 5.03. The fourth-order valence-corrected chi connectivity index (χ4v) is 1.55. The molecule has 0 radical (unpaired) electrons. The Morgan fingerprint density at radius 1 is 1.47 bits per heavy atom. The molecule has 3 N–H and O–H groups in total. The normalized spacial score (nSPS) is 16.0. The van der Waals surface area contributed by atoms with Gasteiger partial charge in [0.15, 0.2) is 0 Å². The summed E-state index contributed by atoms with van der Waals surface area (Å²) in [5.41, 5.74) is 5.16. The third-order valence-corrected chi connectivity index (χ3v) is 3.26. The molecular formula is C9H19NO4S. The highest BCUT2D eigenvalue weighted by Crippen LogP contribution is 2.12. The number of Topliss-reactive ketones (excluding diaryl/α,β-unsaturated/α-hetero) is 1. The van der Waals surface area contributed by atoms with Crippen molar-refractivity contribution in [2.75, 3.05) is 0 Å². The lowest BCUT2D eigenvalue weighted by molar-refractivity contribution is -0.122. The number of nitrogens with two attached hydrogens (primary N) is 1. The largest absolute Gasteiger partial charge is 0.313 e. The van der Waals surface area contributed by atoms with Crippen LogP contribution in [0.15, 0.2) is 0 Å². The lowest BCUT2D eigenvalue weighted by Gasteiger charge is -2.12.